The smallest absolute Gasteiger partial charge is 0.252 e. The van der Waals surface area contributed by atoms with Gasteiger partial charge < -0.3 is 10.4 Å². The number of aliphatic hydroxyl groups excluding tert-OH is 1. The molecule has 1 rings (SSSR count). The monoisotopic (exact) mass is 281 g/mol. The maximum Gasteiger partial charge on any atom is 0.252 e. The average molecular weight is 281 g/mol. The van der Waals surface area contributed by atoms with Crippen molar-refractivity contribution in [2.24, 2.45) is 0 Å². The molecule has 0 aliphatic carbocycles. The molecule has 0 bridgehead atoms. The molecule has 0 atom stereocenters. The Morgan fingerprint density at radius 3 is 3.00 bits per heavy atom. The van der Waals surface area contributed by atoms with Crippen molar-refractivity contribution in [2.75, 3.05) is 25.2 Å². The molecule has 0 aromatic heterocycles. The Balaban J connectivity index is 2.87. The van der Waals surface area contributed by atoms with Gasteiger partial charge in [-0.15, -0.1) is 0 Å². The van der Waals surface area contributed by atoms with E-state index < -0.39 is 5.82 Å². The number of amides is 1. The molecule has 0 unspecified atom stereocenters. The molecule has 0 fully saturated rings. The number of nitrogens with one attached hydrogen (secondary N) is 1. The van der Waals surface area contributed by atoms with Gasteiger partial charge >= 0.3 is 0 Å². The van der Waals surface area contributed by atoms with Crippen LogP contribution in [0.5, 0.6) is 0 Å². The summed E-state index contributed by atoms with van der Waals surface area (Å²) in [5.74, 6) is 5.52. The summed E-state index contributed by atoms with van der Waals surface area (Å²) in [5.41, 5.74) is 0.697. The fraction of sp³-hybridized carbons (Fsp3) is 0.357. The standard InChI is InChI=1S/C14H16FNO2S/c1-19-9-7-16-14(18)13-6-5-12(15)10-11(13)4-2-3-8-17/h5-6,10,17H,3,7-9H2,1H3,(H,16,18). The number of carbonyl (C=O) groups excluding carboxylic acids is 1. The van der Waals surface area contributed by atoms with Crippen LogP contribution in [0, 0.1) is 17.7 Å². The number of thioether (sulfide) groups is 1. The number of hydrogen-bond acceptors (Lipinski definition) is 3. The highest BCUT2D eigenvalue weighted by molar-refractivity contribution is 7.98. The summed E-state index contributed by atoms with van der Waals surface area (Å²) in [6.45, 7) is 0.498. The zero-order chi connectivity index (χ0) is 14.1. The molecule has 1 amide bonds. The minimum Gasteiger partial charge on any atom is -0.395 e. The zero-order valence-corrected chi connectivity index (χ0v) is 11.5. The molecule has 0 saturated carbocycles. The number of benzene rings is 1. The van der Waals surface area contributed by atoms with Crippen molar-refractivity contribution in [3.05, 3.63) is 35.1 Å². The predicted octanol–water partition coefficient (Wildman–Crippen LogP) is 1.65. The van der Waals surface area contributed by atoms with Crippen molar-refractivity contribution in [3.63, 3.8) is 0 Å². The van der Waals surface area contributed by atoms with Crippen LogP contribution in [0.2, 0.25) is 0 Å². The Hall–Kier alpha value is -1.51. The van der Waals surface area contributed by atoms with E-state index in [1.54, 1.807) is 11.8 Å². The summed E-state index contributed by atoms with van der Waals surface area (Å²) >= 11 is 1.63. The lowest BCUT2D eigenvalue weighted by Crippen LogP contribution is -2.26. The van der Waals surface area contributed by atoms with Crippen LogP contribution in [0.1, 0.15) is 22.3 Å². The summed E-state index contributed by atoms with van der Waals surface area (Å²) in [5, 5.41) is 11.4. The molecule has 19 heavy (non-hydrogen) atoms. The van der Waals surface area contributed by atoms with Gasteiger partial charge in [0.15, 0.2) is 0 Å². The lowest BCUT2D eigenvalue weighted by molar-refractivity contribution is 0.0956. The van der Waals surface area contributed by atoms with Gasteiger partial charge in [-0.05, 0) is 24.5 Å². The van der Waals surface area contributed by atoms with E-state index in [-0.39, 0.29) is 12.5 Å². The van der Waals surface area contributed by atoms with E-state index in [9.17, 15) is 9.18 Å². The number of carbonyl (C=O) groups is 1. The molecule has 5 heteroatoms. The highest BCUT2D eigenvalue weighted by Gasteiger charge is 2.10. The first kappa shape index (κ1) is 15.5. The highest BCUT2D eigenvalue weighted by atomic mass is 32.2. The fourth-order valence-electron chi connectivity index (χ4n) is 1.39. The van der Waals surface area contributed by atoms with Crippen molar-refractivity contribution in [1.82, 2.24) is 5.32 Å². The third-order valence-corrected chi connectivity index (χ3v) is 2.89. The number of aliphatic hydroxyl groups is 1. The third kappa shape index (κ3) is 5.33. The first-order chi connectivity index (χ1) is 9.19. The van der Waals surface area contributed by atoms with Crippen LogP contribution in [0.3, 0.4) is 0 Å². The largest absolute Gasteiger partial charge is 0.395 e. The van der Waals surface area contributed by atoms with Gasteiger partial charge in [-0.2, -0.15) is 11.8 Å². The van der Waals surface area contributed by atoms with E-state index >= 15 is 0 Å². The SMILES string of the molecule is CSCCNC(=O)c1ccc(F)cc1C#CCCO. The van der Waals surface area contributed by atoms with Gasteiger partial charge in [-0.1, -0.05) is 11.8 Å². The van der Waals surface area contributed by atoms with E-state index in [2.05, 4.69) is 17.2 Å². The van der Waals surface area contributed by atoms with Gasteiger partial charge in [0.25, 0.3) is 5.91 Å². The van der Waals surface area contributed by atoms with Crippen LogP contribution in [-0.4, -0.2) is 36.2 Å². The second-order valence-electron chi connectivity index (χ2n) is 3.71. The van der Waals surface area contributed by atoms with Crippen LogP contribution in [0.4, 0.5) is 4.39 Å². The van der Waals surface area contributed by atoms with Crippen molar-refractivity contribution >= 4 is 17.7 Å². The Labute approximate surface area is 116 Å². The maximum atomic E-state index is 13.2. The van der Waals surface area contributed by atoms with E-state index in [0.717, 1.165) is 5.75 Å². The molecule has 0 aliphatic rings. The molecule has 0 aliphatic heterocycles. The minimum absolute atomic E-state index is 0.0580. The Kier molecular flexibility index (Phi) is 7.01. The molecule has 0 saturated heterocycles. The second-order valence-corrected chi connectivity index (χ2v) is 4.70. The molecular weight excluding hydrogens is 265 g/mol. The van der Waals surface area contributed by atoms with Crippen molar-refractivity contribution in [3.8, 4) is 11.8 Å². The first-order valence-corrected chi connectivity index (χ1v) is 7.25. The van der Waals surface area contributed by atoms with E-state index in [1.807, 2.05) is 6.26 Å². The lowest BCUT2D eigenvalue weighted by Gasteiger charge is -2.06. The number of halogens is 1. The molecule has 2 N–H and O–H groups in total. The van der Waals surface area contributed by atoms with Gasteiger partial charge in [-0.25, -0.2) is 4.39 Å². The van der Waals surface area contributed by atoms with E-state index in [4.69, 9.17) is 5.11 Å². The normalized spacial score (nSPS) is 9.63. The zero-order valence-electron chi connectivity index (χ0n) is 10.7. The van der Waals surface area contributed by atoms with Crippen LogP contribution >= 0.6 is 11.8 Å². The average Bonchev–Trinajstić information content (AvgIpc) is 2.39. The van der Waals surface area contributed by atoms with Gasteiger partial charge in [0.2, 0.25) is 0 Å². The molecule has 0 spiro atoms. The minimum atomic E-state index is -0.436. The van der Waals surface area contributed by atoms with Crippen LogP contribution in [-0.2, 0) is 0 Å². The van der Waals surface area contributed by atoms with Crippen molar-refractivity contribution in [1.29, 1.82) is 0 Å². The summed E-state index contributed by atoms with van der Waals surface area (Å²) in [6.07, 6.45) is 2.25. The van der Waals surface area contributed by atoms with E-state index in [0.29, 0.717) is 24.1 Å². The Morgan fingerprint density at radius 1 is 1.53 bits per heavy atom. The van der Waals surface area contributed by atoms with Crippen molar-refractivity contribution < 1.29 is 14.3 Å². The third-order valence-electron chi connectivity index (χ3n) is 2.28. The van der Waals surface area contributed by atoms with E-state index in [1.165, 1.54) is 18.2 Å². The molecule has 0 heterocycles. The summed E-state index contributed by atoms with van der Waals surface area (Å²) in [4.78, 5) is 11.9. The molecule has 102 valence electrons. The number of rotatable bonds is 5. The van der Waals surface area contributed by atoms with Gasteiger partial charge in [0.05, 0.1) is 12.2 Å². The molecule has 1 aromatic carbocycles. The lowest BCUT2D eigenvalue weighted by atomic mass is 10.1. The summed E-state index contributed by atoms with van der Waals surface area (Å²) in [6, 6.07) is 3.89. The Morgan fingerprint density at radius 2 is 2.32 bits per heavy atom. The second kappa shape index (κ2) is 8.57. The quantitative estimate of drug-likeness (QED) is 0.637. The Bertz CT molecular complexity index is 494. The maximum absolute atomic E-state index is 13.2. The van der Waals surface area contributed by atoms with Gasteiger partial charge in [-0.3, -0.25) is 4.79 Å². The fourth-order valence-corrected chi connectivity index (χ4v) is 1.70. The van der Waals surface area contributed by atoms with Crippen molar-refractivity contribution in [2.45, 2.75) is 6.42 Å². The molecule has 1 aromatic rings. The molecule has 3 nitrogen and oxygen atoms in total. The predicted molar refractivity (Wildman–Crippen MR) is 75.7 cm³/mol. The number of hydrogen-bond donors (Lipinski definition) is 2. The van der Waals surface area contributed by atoms with Crippen LogP contribution in [0.15, 0.2) is 18.2 Å². The van der Waals surface area contributed by atoms with Crippen LogP contribution < -0.4 is 5.32 Å². The molecule has 0 radical (unpaired) electrons. The first-order valence-electron chi connectivity index (χ1n) is 5.85. The molecular formula is C14H16FNO2S. The van der Waals surface area contributed by atoms with Gasteiger partial charge in [0.1, 0.15) is 5.82 Å². The summed E-state index contributed by atoms with van der Waals surface area (Å²) < 4.78 is 13.2. The summed E-state index contributed by atoms with van der Waals surface area (Å²) in [7, 11) is 0. The topological polar surface area (TPSA) is 49.3 Å². The van der Waals surface area contributed by atoms with Crippen LogP contribution in [0.25, 0.3) is 0 Å². The highest BCUT2D eigenvalue weighted by Crippen LogP contribution is 2.10. The van der Waals surface area contributed by atoms with Gasteiger partial charge in [0, 0.05) is 24.3 Å².